The number of carbonyl (C=O) groups excluding carboxylic acids is 2. The number of likely N-dealkylation sites (N-methyl/N-ethyl adjacent to an activating group) is 1. The molecule has 7 heteroatoms. The van der Waals surface area contributed by atoms with Gasteiger partial charge in [0.25, 0.3) is 0 Å². The zero-order valence-corrected chi connectivity index (χ0v) is 17.7. The van der Waals surface area contributed by atoms with Crippen LogP contribution in [0.5, 0.6) is 0 Å². The van der Waals surface area contributed by atoms with E-state index in [2.05, 4.69) is 5.32 Å². The Balaban J connectivity index is 1.40. The fourth-order valence-corrected chi connectivity index (χ4v) is 5.04. The molecule has 0 radical (unpaired) electrons. The van der Waals surface area contributed by atoms with Crippen LogP contribution in [0, 0.1) is 5.92 Å². The van der Waals surface area contributed by atoms with E-state index in [-0.39, 0.29) is 17.7 Å². The predicted octanol–water partition coefficient (Wildman–Crippen LogP) is 2.75. The van der Waals surface area contributed by atoms with Crippen molar-refractivity contribution in [3.05, 3.63) is 17.6 Å². The van der Waals surface area contributed by atoms with Gasteiger partial charge in [-0.25, -0.2) is 9.97 Å². The lowest BCUT2D eigenvalue weighted by Crippen LogP contribution is -2.38. The summed E-state index contributed by atoms with van der Waals surface area (Å²) in [6, 6.07) is 1.97. The molecule has 1 aliphatic carbocycles. The average molecular weight is 400 g/mol. The Morgan fingerprint density at radius 1 is 1.14 bits per heavy atom. The van der Waals surface area contributed by atoms with Gasteiger partial charge < -0.3 is 15.1 Å². The molecule has 3 aliphatic rings. The normalized spacial score (nSPS) is 23.8. The first-order valence-electron chi connectivity index (χ1n) is 11.1. The number of amides is 2. The largest absolute Gasteiger partial charge is 0.373 e. The highest BCUT2D eigenvalue weighted by Crippen LogP contribution is 2.32. The summed E-state index contributed by atoms with van der Waals surface area (Å²) in [5.41, 5.74) is 0.955. The van der Waals surface area contributed by atoms with E-state index < -0.39 is 0 Å². The standard InChI is InChI=1S/C22H33N5O2/c1-23-19-13-18(17-12-20(28)26(2)14-17)24-22(25-19)16-7-9-27(10-8-16)21(29)11-15-5-3-4-6-15/h13,15-17H,3-12,14H2,1-2H3,(H,23,24,25)/t17-/m0/s1. The smallest absolute Gasteiger partial charge is 0.223 e. The van der Waals surface area contributed by atoms with E-state index in [9.17, 15) is 9.59 Å². The Kier molecular flexibility index (Phi) is 6.01. The highest BCUT2D eigenvalue weighted by molar-refractivity contribution is 5.79. The molecule has 1 atom stereocenters. The van der Waals surface area contributed by atoms with Gasteiger partial charge in [-0.15, -0.1) is 0 Å². The molecule has 3 fully saturated rings. The van der Waals surface area contributed by atoms with Crippen LogP contribution in [0.2, 0.25) is 0 Å². The second-order valence-electron chi connectivity index (χ2n) is 8.97. The summed E-state index contributed by atoms with van der Waals surface area (Å²) in [5, 5.41) is 3.15. The predicted molar refractivity (Wildman–Crippen MR) is 112 cm³/mol. The minimum atomic E-state index is 0.134. The summed E-state index contributed by atoms with van der Waals surface area (Å²) in [4.78, 5) is 38.0. The average Bonchev–Trinajstić information content (AvgIpc) is 3.37. The molecule has 0 bridgehead atoms. The molecule has 4 rings (SSSR count). The van der Waals surface area contributed by atoms with Crippen molar-refractivity contribution in [3.8, 4) is 0 Å². The van der Waals surface area contributed by atoms with E-state index in [0.717, 1.165) is 49.7 Å². The topological polar surface area (TPSA) is 78.4 Å². The van der Waals surface area contributed by atoms with Crippen molar-refractivity contribution >= 4 is 17.6 Å². The van der Waals surface area contributed by atoms with Crippen LogP contribution in [0.15, 0.2) is 6.07 Å². The number of nitrogens with zero attached hydrogens (tertiary/aromatic N) is 4. The SMILES string of the molecule is CNc1cc([C@H]2CC(=O)N(C)C2)nc(C2CCN(C(=O)CC3CCCC3)CC2)n1. The Morgan fingerprint density at radius 2 is 1.86 bits per heavy atom. The van der Waals surface area contributed by atoms with Gasteiger partial charge >= 0.3 is 0 Å². The minimum Gasteiger partial charge on any atom is -0.373 e. The van der Waals surface area contributed by atoms with Crippen LogP contribution in [0.3, 0.4) is 0 Å². The molecule has 0 unspecified atom stereocenters. The molecule has 0 spiro atoms. The number of piperidine rings is 1. The van der Waals surface area contributed by atoms with E-state index in [1.807, 2.05) is 25.1 Å². The number of nitrogens with one attached hydrogen (secondary N) is 1. The second kappa shape index (κ2) is 8.67. The number of anilines is 1. The summed E-state index contributed by atoms with van der Waals surface area (Å²) in [6.45, 7) is 2.30. The lowest BCUT2D eigenvalue weighted by Gasteiger charge is -2.32. The van der Waals surface area contributed by atoms with Crippen LogP contribution in [-0.4, -0.2) is 65.3 Å². The van der Waals surface area contributed by atoms with Crippen LogP contribution >= 0.6 is 0 Å². The minimum absolute atomic E-state index is 0.134. The van der Waals surface area contributed by atoms with Gasteiger partial charge in [-0.05, 0) is 31.6 Å². The zero-order valence-electron chi connectivity index (χ0n) is 17.7. The van der Waals surface area contributed by atoms with Crippen molar-refractivity contribution in [2.45, 2.75) is 63.2 Å². The number of rotatable bonds is 5. The molecule has 2 aliphatic heterocycles. The first-order chi connectivity index (χ1) is 14.0. The molecule has 29 heavy (non-hydrogen) atoms. The monoisotopic (exact) mass is 399 g/mol. The number of aromatic nitrogens is 2. The van der Waals surface area contributed by atoms with Crippen molar-refractivity contribution in [2.24, 2.45) is 5.92 Å². The number of hydrogen-bond acceptors (Lipinski definition) is 5. The molecule has 7 nitrogen and oxygen atoms in total. The molecule has 1 saturated carbocycles. The first-order valence-corrected chi connectivity index (χ1v) is 11.1. The second-order valence-corrected chi connectivity index (χ2v) is 8.97. The molecule has 2 saturated heterocycles. The Bertz CT molecular complexity index is 754. The van der Waals surface area contributed by atoms with Crippen LogP contribution in [0.4, 0.5) is 5.82 Å². The van der Waals surface area contributed by atoms with Gasteiger partial charge in [0.2, 0.25) is 11.8 Å². The maximum absolute atomic E-state index is 12.6. The Hall–Kier alpha value is -2.18. The van der Waals surface area contributed by atoms with Gasteiger partial charge in [0.1, 0.15) is 11.6 Å². The molecular weight excluding hydrogens is 366 g/mol. The third-order valence-corrected chi connectivity index (χ3v) is 6.93. The van der Waals surface area contributed by atoms with E-state index >= 15 is 0 Å². The van der Waals surface area contributed by atoms with Crippen molar-refractivity contribution < 1.29 is 9.59 Å². The Morgan fingerprint density at radius 3 is 2.48 bits per heavy atom. The maximum Gasteiger partial charge on any atom is 0.223 e. The van der Waals surface area contributed by atoms with Crippen molar-refractivity contribution in [1.29, 1.82) is 0 Å². The van der Waals surface area contributed by atoms with Gasteiger partial charge in [0, 0.05) is 64.5 Å². The third-order valence-electron chi connectivity index (χ3n) is 6.93. The quantitative estimate of drug-likeness (QED) is 0.824. The lowest BCUT2D eigenvalue weighted by atomic mass is 9.94. The molecule has 1 aromatic heterocycles. The van der Waals surface area contributed by atoms with E-state index in [4.69, 9.17) is 9.97 Å². The summed E-state index contributed by atoms with van der Waals surface area (Å²) < 4.78 is 0. The van der Waals surface area contributed by atoms with Crippen LogP contribution < -0.4 is 5.32 Å². The van der Waals surface area contributed by atoms with E-state index in [1.165, 1.54) is 25.7 Å². The molecule has 1 aromatic rings. The molecule has 0 aromatic carbocycles. The highest BCUT2D eigenvalue weighted by Gasteiger charge is 2.32. The van der Waals surface area contributed by atoms with Gasteiger partial charge in [-0.3, -0.25) is 9.59 Å². The molecule has 158 valence electrons. The molecule has 2 amide bonds. The fraction of sp³-hybridized carbons (Fsp3) is 0.727. The lowest BCUT2D eigenvalue weighted by molar-refractivity contribution is -0.133. The number of carbonyl (C=O) groups is 2. The van der Waals surface area contributed by atoms with Crippen molar-refractivity contribution in [1.82, 2.24) is 19.8 Å². The zero-order chi connectivity index (χ0) is 20.4. The van der Waals surface area contributed by atoms with Gasteiger partial charge in [-0.2, -0.15) is 0 Å². The summed E-state index contributed by atoms with van der Waals surface area (Å²) >= 11 is 0. The highest BCUT2D eigenvalue weighted by atomic mass is 16.2. The van der Waals surface area contributed by atoms with E-state index in [0.29, 0.717) is 24.8 Å². The summed E-state index contributed by atoms with van der Waals surface area (Å²) in [7, 11) is 3.72. The fourth-order valence-electron chi connectivity index (χ4n) is 5.04. The Labute approximate surface area is 173 Å². The summed E-state index contributed by atoms with van der Waals surface area (Å²) in [5.74, 6) is 3.18. The van der Waals surface area contributed by atoms with Crippen molar-refractivity contribution in [3.63, 3.8) is 0 Å². The third kappa shape index (κ3) is 4.54. The number of hydrogen-bond donors (Lipinski definition) is 1. The van der Waals surface area contributed by atoms with Crippen LogP contribution in [0.25, 0.3) is 0 Å². The number of likely N-dealkylation sites (tertiary alicyclic amines) is 2. The van der Waals surface area contributed by atoms with Crippen LogP contribution in [-0.2, 0) is 9.59 Å². The summed E-state index contributed by atoms with van der Waals surface area (Å²) in [6.07, 6.45) is 8.06. The van der Waals surface area contributed by atoms with Gasteiger partial charge in [-0.1, -0.05) is 12.8 Å². The molecule has 3 heterocycles. The van der Waals surface area contributed by atoms with Crippen molar-refractivity contribution in [2.75, 3.05) is 39.0 Å². The van der Waals surface area contributed by atoms with Gasteiger partial charge in [0.05, 0.1) is 5.69 Å². The maximum atomic E-state index is 12.6. The molecular formula is C22H33N5O2. The molecule has 1 N–H and O–H groups in total. The van der Waals surface area contributed by atoms with Crippen LogP contribution in [0.1, 0.15) is 74.7 Å². The van der Waals surface area contributed by atoms with Gasteiger partial charge in [0.15, 0.2) is 0 Å². The van der Waals surface area contributed by atoms with E-state index in [1.54, 1.807) is 4.90 Å². The first kappa shape index (κ1) is 20.1.